The summed E-state index contributed by atoms with van der Waals surface area (Å²) in [6, 6.07) is 106. The van der Waals surface area contributed by atoms with E-state index in [4.69, 9.17) is 15.0 Å². The van der Waals surface area contributed by atoms with Crippen molar-refractivity contribution >= 4 is 43.6 Å². The van der Waals surface area contributed by atoms with Gasteiger partial charge in [0.1, 0.15) is 0 Å². The second-order valence-corrected chi connectivity index (χ2v) is 20.4. The topological polar surface area (TPSA) is 48.5 Å². The standard InChI is InChI=1S/C75H49N5/c1-6-22-50(23-7-1)53-38-40-56(41-39-53)73-76-74(59-45-57(51-24-8-2-9-25-51)44-58(46-59)52-26-10-3-11-27-52)78-75(77-73)60-47-66(54-28-12-4-13-29-54)72(67(48-60)55-30-14-5-15-31-55)80-70-37-21-18-34-64(70)65-43-42-61(49-71(65)80)79-68-35-19-16-32-62(68)63-33-17-20-36-69(63)79/h1-49H. The van der Waals surface area contributed by atoms with Crippen molar-refractivity contribution in [2.24, 2.45) is 0 Å². The molecule has 0 saturated heterocycles. The summed E-state index contributed by atoms with van der Waals surface area (Å²) < 4.78 is 4.91. The minimum Gasteiger partial charge on any atom is -0.309 e. The van der Waals surface area contributed by atoms with Crippen molar-refractivity contribution in [2.45, 2.75) is 0 Å². The number of aromatic nitrogens is 5. The molecule has 0 N–H and O–H groups in total. The number of rotatable bonds is 10. The molecule has 0 aliphatic rings. The average Bonchev–Trinajstić information content (AvgIpc) is 4.26. The van der Waals surface area contributed by atoms with Gasteiger partial charge in [-0.05, 0) is 105 Å². The molecule has 12 aromatic carbocycles. The van der Waals surface area contributed by atoms with Crippen molar-refractivity contribution in [3.8, 4) is 101 Å². The maximum Gasteiger partial charge on any atom is 0.164 e. The van der Waals surface area contributed by atoms with Crippen LogP contribution in [0.4, 0.5) is 0 Å². The van der Waals surface area contributed by atoms with Crippen molar-refractivity contribution in [1.82, 2.24) is 24.1 Å². The molecule has 0 aliphatic heterocycles. The van der Waals surface area contributed by atoms with Gasteiger partial charge in [-0.2, -0.15) is 0 Å². The second-order valence-electron chi connectivity index (χ2n) is 20.4. The molecular formula is C75H49N5. The summed E-state index contributed by atoms with van der Waals surface area (Å²) in [5, 5.41) is 4.80. The Kier molecular flexibility index (Phi) is 11.4. The summed E-state index contributed by atoms with van der Waals surface area (Å²) in [5.74, 6) is 1.74. The first-order valence-electron chi connectivity index (χ1n) is 27.2. The molecule has 0 saturated carbocycles. The Hall–Kier alpha value is -10.8. The van der Waals surface area contributed by atoms with Crippen molar-refractivity contribution in [2.75, 3.05) is 0 Å². The lowest BCUT2D eigenvalue weighted by molar-refractivity contribution is 1.07. The Morgan fingerprint density at radius 1 is 0.200 bits per heavy atom. The van der Waals surface area contributed by atoms with Crippen LogP contribution in [0.25, 0.3) is 145 Å². The van der Waals surface area contributed by atoms with Gasteiger partial charge in [0.2, 0.25) is 0 Å². The first-order valence-corrected chi connectivity index (χ1v) is 27.2. The third kappa shape index (κ3) is 8.24. The lowest BCUT2D eigenvalue weighted by Gasteiger charge is -2.21. The summed E-state index contributed by atoms with van der Waals surface area (Å²) in [4.78, 5) is 16.4. The van der Waals surface area contributed by atoms with E-state index in [0.29, 0.717) is 17.5 Å². The number of para-hydroxylation sites is 3. The first kappa shape index (κ1) is 46.5. The van der Waals surface area contributed by atoms with Gasteiger partial charge in [0.25, 0.3) is 0 Å². The van der Waals surface area contributed by atoms with Crippen molar-refractivity contribution in [1.29, 1.82) is 0 Å². The zero-order valence-electron chi connectivity index (χ0n) is 43.5. The van der Waals surface area contributed by atoms with Crippen LogP contribution < -0.4 is 0 Å². The molecule has 0 atom stereocenters. The fraction of sp³-hybridized carbons (Fsp3) is 0. The summed E-state index contributed by atoms with van der Waals surface area (Å²) >= 11 is 0. The Morgan fingerprint density at radius 3 is 0.988 bits per heavy atom. The highest BCUT2D eigenvalue weighted by molar-refractivity contribution is 6.13. The Bertz CT molecular complexity index is 4610. The molecule has 0 aliphatic carbocycles. The molecule has 0 fully saturated rings. The molecule has 3 aromatic heterocycles. The number of hydrogen-bond acceptors (Lipinski definition) is 3. The lowest BCUT2D eigenvalue weighted by atomic mass is 9.92. The van der Waals surface area contributed by atoms with E-state index >= 15 is 0 Å². The lowest BCUT2D eigenvalue weighted by Crippen LogP contribution is -2.04. The van der Waals surface area contributed by atoms with Gasteiger partial charge in [-0.15, -0.1) is 0 Å². The fourth-order valence-electron chi connectivity index (χ4n) is 11.8. The maximum atomic E-state index is 5.55. The highest BCUT2D eigenvalue weighted by Gasteiger charge is 2.25. The van der Waals surface area contributed by atoms with Gasteiger partial charge in [0, 0.05) is 55.0 Å². The van der Waals surface area contributed by atoms with Crippen molar-refractivity contribution in [3.63, 3.8) is 0 Å². The summed E-state index contributed by atoms with van der Waals surface area (Å²) in [5.41, 5.74) is 20.2. The van der Waals surface area contributed by atoms with E-state index in [-0.39, 0.29) is 0 Å². The predicted octanol–water partition coefficient (Wildman–Crippen LogP) is 19.4. The van der Waals surface area contributed by atoms with Gasteiger partial charge in [-0.3, -0.25) is 0 Å². The average molecular weight is 1020 g/mol. The Balaban J connectivity index is 1.01. The van der Waals surface area contributed by atoms with Crippen LogP contribution in [0, 0.1) is 0 Å². The molecule has 5 heteroatoms. The van der Waals surface area contributed by atoms with Crippen LogP contribution >= 0.6 is 0 Å². The van der Waals surface area contributed by atoms with E-state index in [1.807, 2.05) is 6.07 Å². The molecule has 80 heavy (non-hydrogen) atoms. The van der Waals surface area contributed by atoms with Crippen LogP contribution in [0.15, 0.2) is 297 Å². The second kappa shape index (κ2) is 19.7. The molecule has 374 valence electrons. The number of benzene rings is 12. The predicted molar refractivity (Wildman–Crippen MR) is 332 cm³/mol. The molecular weight excluding hydrogens is 971 g/mol. The van der Waals surface area contributed by atoms with Gasteiger partial charge in [0.15, 0.2) is 17.5 Å². The van der Waals surface area contributed by atoms with Crippen LogP contribution in [0.3, 0.4) is 0 Å². The SMILES string of the molecule is c1ccc(-c2ccc(-c3nc(-c4cc(-c5ccccc5)cc(-c5ccccc5)c4)nc(-c4cc(-c5ccccc5)c(-n5c6ccccc6c6ccc(-n7c8ccccc8c8ccccc87)cc65)c(-c5ccccc5)c4)n3)cc2)cc1. The number of nitrogens with zero attached hydrogens (tertiary/aromatic N) is 5. The smallest absolute Gasteiger partial charge is 0.164 e. The number of hydrogen-bond donors (Lipinski definition) is 0. The van der Waals surface area contributed by atoms with Gasteiger partial charge in [-0.25, -0.2) is 15.0 Å². The zero-order chi connectivity index (χ0) is 52.9. The van der Waals surface area contributed by atoms with E-state index in [0.717, 1.165) is 94.7 Å². The van der Waals surface area contributed by atoms with E-state index in [1.165, 1.54) is 32.6 Å². The molecule has 15 aromatic rings. The largest absolute Gasteiger partial charge is 0.309 e. The van der Waals surface area contributed by atoms with Crippen LogP contribution in [0.5, 0.6) is 0 Å². The van der Waals surface area contributed by atoms with Crippen LogP contribution in [-0.4, -0.2) is 24.1 Å². The molecule has 0 spiro atoms. The third-order valence-corrected chi connectivity index (χ3v) is 15.5. The highest BCUT2D eigenvalue weighted by Crippen LogP contribution is 2.45. The van der Waals surface area contributed by atoms with E-state index in [9.17, 15) is 0 Å². The van der Waals surface area contributed by atoms with Gasteiger partial charge >= 0.3 is 0 Å². The normalized spacial score (nSPS) is 11.5. The molecule has 0 amide bonds. The van der Waals surface area contributed by atoms with Crippen LogP contribution in [-0.2, 0) is 0 Å². The van der Waals surface area contributed by atoms with Crippen molar-refractivity contribution in [3.05, 3.63) is 297 Å². The Labute approximate surface area is 463 Å². The maximum absolute atomic E-state index is 5.55. The monoisotopic (exact) mass is 1020 g/mol. The molecule has 3 heterocycles. The molecule has 0 unspecified atom stereocenters. The Morgan fingerprint density at radius 2 is 0.525 bits per heavy atom. The number of fused-ring (bicyclic) bond motifs is 6. The molecule has 15 rings (SSSR count). The van der Waals surface area contributed by atoms with Crippen LogP contribution in [0.2, 0.25) is 0 Å². The minimum absolute atomic E-state index is 0.570. The minimum atomic E-state index is 0.570. The van der Waals surface area contributed by atoms with Gasteiger partial charge < -0.3 is 9.13 Å². The van der Waals surface area contributed by atoms with E-state index in [2.05, 4.69) is 300 Å². The molecule has 0 radical (unpaired) electrons. The molecule has 5 nitrogen and oxygen atoms in total. The highest BCUT2D eigenvalue weighted by atomic mass is 15.0. The fourth-order valence-corrected chi connectivity index (χ4v) is 11.8. The van der Waals surface area contributed by atoms with E-state index in [1.54, 1.807) is 0 Å². The van der Waals surface area contributed by atoms with Gasteiger partial charge in [-0.1, -0.05) is 237 Å². The quantitative estimate of drug-likeness (QED) is 0.137. The summed E-state index contributed by atoms with van der Waals surface area (Å²) in [7, 11) is 0. The molecule has 0 bridgehead atoms. The van der Waals surface area contributed by atoms with E-state index < -0.39 is 0 Å². The van der Waals surface area contributed by atoms with Gasteiger partial charge in [0.05, 0.1) is 27.8 Å². The summed E-state index contributed by atoms with van der Waals surface area (Å²) in [6.07, 6.45) is 0. The van der Waals surface area contributed by atoms with Crippen molar-refractivity contribution < 1.29 is 0 Å². The zero-order valence-corrected chi connectivity index (χ0v) is 43.5. The van der Waals surface area contributed by atoms with Crippen LogP contribution in [0.1, 0.15) is 0 Å². The first-order chi connectivity index (χ1) is 39.7. The third-order valence-electron chi connectivity index (χ3n) is 15.5. The summed E-state index contributed by atoms with van der Waals surface area (Å²) in [6.45, 7) is 0.